The standard InChI is InChI=1S/C22H29ClN2O4/c1-22(2,3)25(21(27)28)12-18-19(29-13-14-7-5-6-8-14)17-11-15(23)9-10-16(17)20(26)24(18)4/h9-11,14H,5-8,12-13H2,1-4H3,(H,27,28). The second kappa shape index (κ2) is 8.27. The van der Waals surface area contributed by atoms with E-state index in [0.29, 0.717) is 39.8 Å². The molecule has 1 fully saturated rings. The lowest BCUT2D eigenvalue weighted by molar-refractivity contribution is 0.0929. The summed E-state index contributed by atoms with van der Waals surface area (Å²) in [6.07, 6.45) is 3.62. The van der Waals surface area contributed by atoms with Crippen molar-refractivity contribution in [1.82, 2.24) is 9.47 Å². The summed E-state index contributed by atoms with van der Waals surface area (Å²) in [7, 11) is 1.66. The number of nitrogens with zero attached hydrogens (tertiary/aromatic N) is 2. The molecule has 0 aliphatic heterocycles. The first-order chi connectivity index (χ1) is 13.6. The Balaban J connectivity index is 2.14. The molecule has 0 unspecified atom stereocenters. The number of carboxylic acid groups (broad SMARTS) is 1. The summed E-state index contributed by atoms with van der Waals surface area (Å²) in [6.45, 7) is 6.09. The van der Waals surface area contributed by atoms with Crippen LogP contribution in [0.4, 0.5) is 4.79 Å². The average molecular weight is 421 g/mol. The zero-order valence-corrected chi connectivity index (χ0v) is 18.3. The Morgan fingerprint density at radius 3 is 2.52 bits per heavy atom. The number of amides is 1. The summed E-state index contributed by atoms with van der Waals surface area (Å²) in [5, 5.41) is 11.4. The molecule has 1 aromatic carbocycles. The van der Waals surface area contributed by atoms with Gasteiger partial charge in [-0.2, -0.15) is 0 Å². The summed E-state index contributed by atoms with van der Waals surface area (Å²) in [4.78, 5) is 26.2. The summed E-state index contributed by atoms with van der Waals surface area (Å²) < 4.78 is 7.78. The number of aromatic nitrogens is 1. The highest BCUT2D eigenvalue weighted by molar-refractivity contribution is 6.31. The number of hydrogen-bond acceptors (Lipinski definition) is 3. The molecule has 1 saturated carbocycles. The number of hydrogen-bond donors (Lipinski definition) is 1. The first-order valence-electron chi connectivity index (χ1n) is 10.0. The van der Waals surface area contributed by atoms with Gasteiger partial charge in [0.25, 0.3) is 5.56 Å². The van der Waals surface area contributed by atoms with Crippen LogP contribution in [0.5, 0.6) is 5.75 Å². The molecule has 7 heteroatoms. The summed E-state index contributed by atoms with van der Waals surface area (Å²) in [6, 6.07) is 5.11. The molecule has 1 aliphatic rings. The smallest absolute Gasteiger partial charge is 0.408 e. The van der Waals surface area contributed by atoms with Crippen LogP contribution >= 0.6 is 11.6 Å². The predicted octanol–water partition coefficient (Wildman–Crippen LogP) is 5.04. The van der Waals surface area contributed by atoms with Crippen LogP contribution in [-0.4, -0.2) is 32.8 Å². The van der Waals surface area contributed by atoms with E-state index < -0.39 is 11.6 Å². The van der Waals surface area contributed by atoms with Crippen molar-refractivity contribution >= 4 is 28.5 Å². The molecule has 3 rings (SSSR count). The van der Waals surface area contributed by atoms with Gasteiger partial charge in [-0.15, -0.1) is 0 Å². The van der Waals surface area contributed by atoms with Gasteiger partial charge in [-0.05, 0) is 57.7 Å². The molecule has 1 heterocycles. The van der Waals surface area contributed by atoms with Crippen molar-refractivity contribution in [2.24, 2.45) is 13.0 Å². The highest BCUT2D eigenvalue weighted by Gasteiger charge is 2.29. The summed E-state index contributed by atoms with van der Waals surface area (Å²) >= 11 is 6.22. The molecule has 1 N–H and O–H groups in total. The summed E-state index contributed by atoms with van der Waals surface area (Å²) in [5.41, 5.74) is -0.285. The van der Waals surface area contributed by atoms with E-state index in [1.54, 1.807) is 25.2 Å². The maximum absolute atomic E-state index is 13.0. The lowest BCUT2D eigenvalue weighted by Gasteiger charge is -2.34. The molecule has 1 amide bonds. The highest BCUT2D eigenvalue weighted by Crippen LogP contribution is 2.33. The third-order valence-corrected chi connectivity index (χ3v) is 5.95. The molecule has 2 aromatic rings. The van der Waals surface area contributed by atoms with Crippen molar-refractivity contribution in [3.63, 3.8) is 0 Å². The van der Waals surface area contributed by atoms with Crippen molar-refractivity contribution in [3.05, 3.63) is 39.3 Å². The van der Waals surface area contributed by atoms with Gasteiger partial charge in [0.15, 0.2) is 0 Å². The Labute approximate surface area is 176 Å². The fraction of sp³-hybridized carbons (Fsp3) is 0.545. The lowest BCUT2D eigenvalue weighted by atomic mass is 10.0. The first-order valence-corrected chi connectivity index (χ1v) is 10.4. The van der Waals surface area contributed by atoms with E-state index in [2.05, 4.69) is 0 Å². The normalized spacial score (nSPS) is 15.1. The van der Waals surface area contributed by atoms with E-state index in [1.165, 1.54) is 22.3 Å². The Kier molecular flexibility index (Phi) is 6.13. The fourth-order valence-electron chi connectivity index (χ4n) is 3.96. The molecule has 0 spiro atoms. The van der Waals surface area contributed by atoms with Gasteiger partial charge in [0.05, 0.1) is 24.2 Å². The van der Waals surface area contributed by atoms with Gasteiger partial charge in [0.1, 0.15) is 5.75 Å². The lowest BCUT2D eigenvalue weighted by Crippen LogP contribution is -2.45. The Bertz CT molecular complexity index is 971. The molecule has 29 heavy (non-hydrogen) atoms. The van der Waals surface area contributed by atoms with Crippen LogP contribution in [0.2, 0.25) is 5.02 Å². The van der Waals surface area contributed by atoms with Crippen LogP contribution in [0, 0.1) is 5.92 Å². The maximum Gasteiger partial charge on any atom is 0.408 e. The second-order valence-corrected chi connectivity index (χ2v) is 9.27. The maximum atomic E-state index is 13.0. The Morgan fingerprint density at radius 1 is 1.28 bits per heavy atom. The van der Waals surface area contributed by atoms with Crippen molar-refractivity contribution in [3.8, 4) is 5.75 Å². The second-order valence-electron chi connectivity index (χ2n) is 8.83. The molecule has 6 nitrogen and oxygen atoms in total. The Hall–Kier alpha value is -2.21. The third-order valence-electron chi connectivity index (χ3n) is 5.71. The minimum atomic E-state index is -1.04. The van der Waals surface area contributed by atoms with Crippen molar-refractivity contribution in [1.29, 1.82) is 0 Å². The van der Waals surface area contributed by atoms with E-state index in [4.69, 9.17) is 16.3 Å². The molecular formula is C22H29ClN2O4. The van der Waals surface area contributed by atoms with Gasteiger partial charge in [-0.3, -0.25) is 9.69 Å². The monoisotopic (exact) mass is 420 g/mol. The SMILES string of the molecule is Cn1c(CN(C(=O)O)C(C)(C)C)c(OCC2CCCC2)c2cc(Cl)ccc2c1=O. The first kappa shape index (κ1) is 21.5. The van der Waals surface area contributed by atoms with Crippen molar-refractivity contribution in [2.45, 2.75) is 58.5 Å². The number of halogens is 1. The van der Waals surface area contributed by atoms with E-state index in [-0.39, 0.29) is 12.1 Å². The minimum Gasteiger partial charge on any atom is -0.491 e. The zero-order chi connectivity index (χ0) is 21.3. The molecule has 1 aliphatic carbocycles. The molecule has 0 atom stereocenters. The molecule has 0 bridgehead atoms. The number of ether oxygens (including phenoxy) is 1. The van der Waals surface area contributed by atoms with E-state index in [9.17, 15) is 14.7 Å². The Morgan fingerprint density at radius 2 is 1.93 bits per heavy atom. The van der Waals surface area contributed by atoms with Crippen LogP contribution < -0.4 is 10.3 Å². The van der Waals surface area contributed by atoms with Crippen LogP contribution in [0.25, 0.3) is 10.8 Å². The van der Waals surface area contributed by atoms with Gasteiger partial charge >= 0.3 is 6.09 Å². The van der Waals surface area contributed by atoms with Gasteiger partial charge in [0, 0.05) is 23.0 Å². The number of carbonyl (C=O) groups is 1. The number of benzene rings is 1. The quantitative estimate of drug-likeness (QED) is 0.735. The van der Waals surface area contributed by atoms with E-state index in [0.717, 1.165) is 12.8 Å². The number of fused-ring (bicyclic) bond motifs is 1. The van der Waals surface area contributed by atoms with Crippen molar-refractivity contribution in [2.75, 3.05) is 6.61 Å². The topological polar surface area (TPSA) is 71.8 Å². The van der Waals surface area contributed by atoms with Crippen LogP contribution in [0.1, 0.15) is 52.1 Å². The number of pyridine rings is 1. The molecule has 1 aromatic heterocycles. The number of rotatable bonds is 5. The van der Waals surface area contributed by atoms with Crippen LogP contribution in [0.3, 0.4) is 0 Å². The molecule has 0 saturated heterocycles. The van der Waals surface area contributed by atoms with Crippen LogP contribution in [-0.2, 0) is 13.6 Å². The van der Waals surface area contributed by atoms with Gasteiger partial charge in [-0.25, -0.2) is 4.79 Å². The molecule has 0 radical (unpaired) electrons. The molecular weight excluding hydrogens is 392 g/mol. The highest BCUT2D eigenvalue weighted by atomic mass is 35.5. The average Bonchev–Trinajstić information content (AvgIpc) is 3.14. The van der Waals surface area contributed by atoms with Crippen molar-refractivity contribution < 1.29 is 14.6 Å². The summed E-state index contributed by atoms with van der Waals surface area (Å²) in [5.74, 6) is 1.03. The van der Waals surface area contributed by atoms with Gasteiger partial charge in [0.2, 0.25) is 0 Å². The van der Waals surface area contributed by atoms with Gasteiger partial charge in [-0.1, -0.05) is 24.4 Å². The zero-order valence-electron chi connectivity index (χ0n) is 17.5. The third kappa shape index (κ3) is 4.53. The van der Waals surface area contributed by atoms with Crippen LogP contribution in [0.15, 0.2) is 23.0 Å². The predicted molar refractivity (Wildman–Crippen MR) is 115 cm³/mol. The molecule has 158 valence electrons. The van der Waals surface area contributed by atoms with E-state index >= 15 is 0 Å². The van der Waals surface area contributed by atoms with Gasteiger partial charge < -0.3 is 14.4 Å². The van der Waals surface area contributed by atoms with E-state index in [1.807, 2.05) is 20.8 Å². The minimum absolute atomic E-state index is 0.0486. The largest absolute Gasteiger partial charge is 0.491 e. The fourth-order valence-corrected chi connectivity index (χ4v) is 4.13.